The lowest BCUT2D eigenvalue weighted by atomic mass is 9.89. The highest BCUT2D eigenvalue weighted by Crippen LogP contribution is 2.37. The summed E-state index contributed by atoms with van der Waals surface area (Å²) in [6.07, 6.45) is 5.05. The van der Waals surface area contributed by atoms with Crippen LogP contribution in [0.4, 0.5) is 5.69 Å². The van der Waals surface area contributed by atoms with E-state index in [1.54, 1.807) is 4.68 Å². The zero-order chi connectivity index (χ0) is 22.6. The Bertz CT molecular complexity index is 1340. The number of hydrogen-bond acceptors (Lipinski definition) is 6. The third-order valence-corrected chi connectivity index (χ3v) is 6.77. The van der Waals surface area contributed by atoms with Crippen molar-refractivity contribution in [2.75, 3.05) is 31.6 Å². The Morgan fingerprint density at radius 1 is 1.25 bits per heavy atom. The zero-order valence-electron chi connectivity index (χ0n) is 19.4. The third-order valence-electron chi connectivity index (χ3n) is 6.77. The van der Waals surface area contributed by atoms with Crippen LogP contribution in [-0.4, -0.2) is 51.5 Å². The van der Waals surface area contributed by atoms with Crippen LogP contribution in [0.5, 0.6) is 5.75 Å². The Labute approximate surface area is 188 Å². The number of phenolic OH excluding ortho intramolecular Hbond substituents is 1. The Hall–Kier alpha value is -3.19. The molecule has 1 aliphatic rings. The molecule has 0 radical (unpaired) electrons. The fourth-order valence-corrected chi connectivity index (χ4v) is 4.91. The van der Waals surface area contributed by atoms with Crippen LogP contribution in [0.2, 0.25) is 0 Å². The number of pyridine rings is 2. The number of aryl methyl sites for hydroxylation is 3. The van der Waals surface area contributed by atoms with Gasteiger partial charge in [0.15, 0.2) is 5.65 Å². The molecule has 0 bridgehead atoms. The first kappa shape index (κ1) is 20.7. The number of aromatic hydroxyl groups is 1. The van der Waals surface area contributed by atoms with Crippen LogP contribution in [0, 0.1) is 19.3 Å². The fraction of sp³-hybridized carbons (Fsp3) is 0.400. The van der Waals surface area contributed by atoms with E-state index in [9.17, 15) is 5.11 Å². The molecule has 0 amide bonds. The molecule has 1 fully saturated rings. The molecule has 32 heavy (non-hydrogen) atoms. The maximum Gasteiger partial charge on any atom is 0.160 e. The molecule has 3 aromatic heterocycles. The van der Waals surface area contributed by atoms with E-state index in [2.05, 4.69) is 42.3 Å². The number of anilines is 1. The largest absolute Gasteiger partial charge is 0.507 e. The Balaban J connectivity index is 1.54. The Morgan fingerprint density at radius 3 is 2.81 bits per heavy atom. The monoisotopic (exact) mass is 430 g/mol. The predicted octanol–water partition coefficient (Wildman–Crippen LogP) is 3.94. The van der Waals surface area contributed by atoms with Crippen LogP contribution in [-0.2, 0) is 7.05 Å². The summed E-state index contributed by atoms with van der Waals surface area (Å²) in [7, 11) is 4.02. The van der Waals surface area contributed by atoms with Crippen molar-refractivity contribution in [2.24, 2.45) is 12.5 Å². The van der Waals surface area contributed by atoms with Crippen molar-refractivity contribution in [3.8, 4) is 17.0 Å². The van der Waals surface area contributed by atoms with Gasteiger partial charge in [-0.05, 0) is 56.0 Å². The minimum atomic E-state index is 0.220. The SMILES string of the molecule is Cc1cc(-c2cc3cn(C)nc3c(C)c2O)nc2ncc(N(C)C[C@@]3(C)CCNC3)cc12. The minimum Gasteiger partial charge on any atom is -0.507 e. The minimum absolute atomic E-state index is 0.220. The normalized spacial score (nSPS) is 18.7. The van der Waals surface area contributed by atoms with E-state index in [1.165, 1.54) is 6.42 Å². The average molecular weight is 431 g/mol. The van der Waals surface area contributed by atoms with Crippen molar-refractivity contribution >= 4 is 27.6 Å². The topological polar surface area (TPSA) is 79.1 Å². The van der Waals surface area contributed by atoms with Crippen LogP contribution < -0.4 is 10.2 Å². The first-order valence-electron chi connectivity index (χ1n) is 11.1. The number of nitrogens with zero attached hydrogens (tertiary/aromatic N) is 5. The average Bonchev–Trinajstić information content (AvgIpc) is 3.35. The smallest absolute Gasteiger partial charge is 0.160 e. The summed E-state index contributed by atoms with van der Waals surface area (Å²) in [5.74, 6) is 0.220. The van der Waals surface area contributed by atoms with Gasteiger partial charge in [-0.15, -0.1) is 0 Å². The number of aromatic nitrogens is 4. The molecule has 7 nitrogen and oxygen atoms in total. The van der Waals surface area contributed by atoms with Gasteiger partial charge in [0.2, 0.25) is 0 Å². The molecule has 0 saturated carbocycles. The van der Waals surface area contributed by atoms with E-state index in [-0.39, 0.29) is 11.2 Å². The van der Waals surface area contributed by atoms with Gasteiger partial charge in [-0.3, -0.25) is 4.68 Å². The first-order valence-corrected chi connectivity index (χ1v) is 11.1. The lowest BCUT2D eigenvalue weighted by Gasteiger charge is -2.30. The molecule has 1 saturated heterocycles. The lowest BCUT2D eigenvalue weighted by Crippen LogP contribution is -2.35. The molecule has 7 heteroatoms. The number of phenols is 1. The number of rotatable bonds is 4. The Kier molecular flexibility index (Phi) is 4.82. The zero-order valence-corrected chi connectivity index (χ0v) is 19.4. The van der Waals surface area contributed by atoms with E-state index in [0.29, 0.717) is 11.2 Å². The molecule has 1 aliphatic heterocycles. The molecule has 1 atom stereocenters. The molecule has 1 aromatic carbocycles. The van der Waals surface area contributed by atoms with Crippen LogP contribution >= 0.6 is 0 Å². The second kappa shape index (κ2) is 7.45. The Morgan fingerprint density at radius 2 is 2.06 bits per heavy atom. The second-order valence-electron chi connectivity index (χ2n) is 9.62. The van der Waals surface area contributed by atoms with Gasteiger partial charge in [-0.1, -0.05) is 6.92 Å². The molecule has 0 unspecified atom stereocenters. The molecular formula is C25H30N6O. The molecule has 4 heterocycles. The molecule has 4 aromatic rings. The summed E-state index contributed by atoms with van der Waals surface area (Å²) >= 11 is 0. The van der Waals surface area contributed by atoms with E-state index in [1.807, 2.05) is 38.5 Å². The van der Waals surface area contributed by atoms with Crippen molar-refractivity contribution in [3.05, 3.63) is 41.7 Å². The number of hydrogen-bond donors (Lipinski definition) is 2. The highest BCUT2D eigenvalue weighted by Gasteiger charge is 2.30. The van der Waals surface area contributed by atoms with E-state index < -0.39 is 0 Å². The summed E-state index contributed by atoms with van der Waals surface area (Å²) in [6.45, 7) is 9.42. The molecule has 5 rings (SSSR count). The summed E-state index contributed by atoms with van der Waals surface area (Å²) in [6, 6.07) is 6.17. The van der Waals surface area contributed by atoms with Gasteiger partial charge in [-0.25, -0.2) is 9.97 Å². The van der Waals surface area contributed by atoms with Crippen LogP contribution in [0.25, 0.3) is 33.2 Å². The maximum atomic E-state index is 10.9. The number of nitrogens with one attached hydrogen (secondary N) is 1. The third kappa shape index (κ3) is 3.46. The standard InChI is InChI=1S/C25H30N6O/c1-15-8-21(20-9-17-12-31(5)29-22(17)16(2)23(20)32)28-24-19(15)10-18(11-27-24)30(4)14-25(3)6-7-26-13-25/h8-12,26,32H,6-7,13-14H2,1-5H3/t25-/m0/s1. The number of fused-ring (bicyclic) bond motifs is 2. The summed E-state index contributed by atoms with van der Waals surface area (Å²) in [4.78, 5) is 11.8. The van der Waals surface area contributed by atoms with Gasteiger partial charge in [0, 0.05) is 55.3 Å². The van der Waals surface area contributed by atoms with Crippen LogP contribution in [0.15, 0.2) is 30.6 Å². The van der Waals surface area contributed by atoms with Crippen molar-refractivity contribution in [3.63, 3.8) is 0 Å². The summed E-state index contributed by atoms with van der Waals surface area (Å²) < 4.78 is 1.77. The van der Waals surface area contributed by atoms with Crippen molar-refractivity contribution in [1.82, 2.24) is 25.1 Å². The number of benzene rings is 1. The molecular weight excluding hydrogens is 400 g/mol. The van der Waals surface area contributed by atoms with Crippen LogP contribution in [0.3, 0.4) is 0 Å². The van der Waals surface area contributed by atoms with E-state index >= 15 is 0 Å². The van der Waals surface area contributed by atoms with E-state index in [0.717, 1.165) is 58.4 Å². The van der Waals surface area contributed by atoms with E-state index in [4.69, 9.17) is 9.97 Å². The molecule has 0 aliphatic carbocycles. The van der Waals surface area contributed by atoms with Gasteiger partial charge in [-0.2, -0.15) is 5.10 Å². The first-order chi connectivity index (χ1) is 15.2. The summed E-state index contributed by atoms with van der Waals surface area (Å²) in [5.41, 5.74) is 6.15. The molecule has 2 N–H and O–H groups in total. The lowest BCUT2D eigenvalue weighted by molar-refractivity contribution is 0.371. The predicted molar refractivity (Wildman–Crippen MR) is 129 cm³/mol. The van der Waals surface area contributed by atoms with Gasteiger partial charge >= 0.3 is 0 Å². The van der Waals surface area contributed by atoms with Gasteiger partial charge < -0.3 is 15.3 Å². The van der Waals surface area contributed by atoms with Gasteiger partial charge in [0.25, 0.3) is 0 Å². The van der Waals surface area contributed by atoms with Crippen molar-refractivity contribution in [1.29, 1.82) is 0 Å². The van der Waals surface area contributed by atoms with Gasteiger partial charge in [0.1, 0.15) is 5.75 Å². The summed E-state index contributed by atoms with van der Waals surface area (Å²) in [5, 5.41) is 20.8. The van der Waals surface area contributed by atoms with Gasteiger partial charge in [0.05, 0.1) is 23.1 Å². The quantitative estimate of drug-likeness (QED) is 0.511. The maximum absolute atomic E-state index is 10.9. The molecule has 166 valence electrons. The second-order valence-corrected chi connectivity index (χ2v) is 9.62. The highest BCUT2D eigenvalue weighted by atomic mass is 16.3. The molecule has 0 spiro atoms. The van der Waals surface area contributed by atoms with Crippen LogP contribution in [0.1, 0.15) is 24.5 Å². The van der Waals surface area contributed by atoms with Crippen molar-refractivity contribution < 1.29 is 5.11 Å². The highest BCUT2D eigenvalue weighted by molar-refractivity contribution is 5.92. The van der Waals surface area contributed by atoms with Crippen molar-refractivity contribution in [2.45, 2.75) is 27.2 Å². The fourth-order valence-electron chi connectivity index (χ4n) is 4.91.